The molecule has 1 aliphatic carbocycles. The van der Waals surface area contributed by atoms with Gasteiger partial charge < -0.3 is 28.4 Å². The lowest BCUT2D eigenvalue weighted by Crippen LogP contribution is -2.39. The molecular formula is C30H36O7. The van der Waals surface area contributed by atoms with Crippen LogP contribution in [0.4, 0.5) is 0 Å². The molecule has 7 heteroatoms. The van der Waals surface area contributed by atoms with E-state index in [2.05, 4.69) is 20.8 Å². The Morgan fingerprint density at radius 2 is 1.49 bits per heavy atom. The van der Waals surface area contributed by atoms with E-state index in [1.165, 1.54) is 6.42 Å². The lowest BCUT2D eigenvalue weighted by Gasteiger charge is -2.39. The fraction of sp³-hybridized carbons (Fsp3) is 0.567. The first-order chi connectivity index (χ1) is 17.9. The molecule has 0 bridgehead atoms. The number of carbonyl (C=O) groups excluding carboxylic acids is 1. The number of hydrogen-bond donors (Lipinski definition) is 0. The van der Waals surface area contributed by atoms with Crippen LogP contribution in [0.25, 0.3) is 0 Å². The molecule has 1 saturated carbocycles. The summed E-state index contributed by atoms with van der Waals surface area (Å²) in [6, 6.07) is 11.9. The SMILES string of the molecule is CC1CCC(C(C)C)C(O[C@@H]2OC(=O)[C@H](Cc3ccc4c(c3)OCO4)[C@H]2Cc2ccc3c(c2)OCO3)C1. The average Bonchev–Trinajstić information content (AvgIpc) is 3.59. The second kappa shape index (κ2) is 10.1. The van der Waals surface area contributed by atoms with Crippen LogP contribution < -0.4 is 18.9 Å². The second-order valence-electron chi connectivity index (χ2n) is 11.4. The van der Waals surface area contributed by atoms with Gasteiger partial charge in [-0.1, -0.05) is 39.3 Å². The Bertz CT molecular complexity index is 1140. The number of fused-ring (bicyclic) bond motifs is 2. The Kier molecular flexibility index (Phi) is 6.65. The zero-order valence-electron chi connectivity index (χ0n) is 21.8. The highest BCUT2D eigenvalue weighted by Gasteiger charge is 2.47. The molecule has 6 rings (SSSR count). The maximum atomic E-state index is 13.3. The van der Waals surface area contributed by atoms with Crippen LogP contribution in [-0.2, 0) is 27.1 Å². The standard InChI is InChI=1S/C30H36O7/c1-17(2)21-7-4-18(3)10-26(21)36-30-23(12-20-6-9-25-28(14-20)35-16-33-25)22(29(31)37-30)11-19-5-8-24-27(13-19)34-15-32-24/h5-6,8-9,13-14,17-18,21-23,26,30H,4,7,10-12,15-16H2,1-3H3/t18?,21?,22-,23-,26?,30-/m1/s1. The lowest BCUT2D eigenvalue weighted by atomic mass is 9.75. The minimum atomic E-state index is -0.575. The lowest BCUT2D eigenvalue weighted by molar-refractivity contribution is -0.195. The predicted molar refractivity (Wildman–Crippen MR) is 136 cm³/mol. The molecule has 2 aromatic rings. The van der Waals surface area contributed by atoms with Crippen molar-refractivity contribution in [3.8, 4) is 23.0 Å². The molecule has 198 valence electrons. The van der Waals surface area contributed by atoms with Gasteiger partial charge in [0, 0.05) is 5.92 Å². The van der Waals surface area contributed by atoms with Gasteiger partial charge in [-0.15, -0.1) is 0 Å². The summed E-state index contributed by atoms with van der Waals surface area (Å²) < 4.78 is 34.9. The summed E-state index contributed by atoms with van der Waals surface area (Å²) in [5.74, 6) is 3.91. The molecule has 3 aliphatic heterocycles. The zero-order valence-corrected chi connectivity index (χ0v) is 21.8. The summed E-state index contributed by atoms with van der Waals surface area (Å²) >= 11 is 0. The molecule has 0 N–H and O–H groups in total. The summed E-state index contributed by atoms with van der Waals surface area (Å²) in [6.45, 7) is 7.29. The van der Waals surface area contributed by atoms with E-state index < -0.39 is 6.29 Å². The van der Waals surface area contributed by atoms with Gasteiger partial charge in [-0.05, 0) is 78.8 Å². The van der Waals surface area contributed by atoms with Crippen molar-refractivity contribution >= 4 is 5.97 Å². The fourth-order valence-electron chi connectivity index (χ4n) is 6.36. The molecule has 3 unspecified atom stereocenters. The summed E-state index contributed by atoms with van der Waals surface area (Å²) in [5, 5.41) is 0. The van der Waals surface area contributed by atoms with E-state index in [0.29, 0.717) is 30.6 Å². The topological polar surface area (TPSA) is 72.5 Å². The number of carbonyl (C=O) groups is 1. The Labute approximate surface area is 218 Å². The van der Waals surface area contributed by atoms with Crippen molar-refractivity contribution in [1.29, 1.82) is 0 Å². The molecule has 4 aliphatic rings. The second-order valence-corrected chi connectivity index (χ2v) is 11.4. The van der Waals surface area contributed by atoms with Gasteiger partial charge in [0.25, 0.3) is 0 Å². The highest BCUT2D eigenvalue weighted by molar-refractivity contribution is 5.75. The summed E-state index contributed by atoms with van der Waals surface area (Å²) in [5.41, 5.74) is 2.10. The molecule has 0 amide bonds. The number of cyclic esters (lactones) is 1. The van der Waals surface area contributed by atoms with Crippen molar-refractivity contribution in [2.45, 2.75) is 65.3 Å². The van der Waals surface area contributed by atoms with Crippen molar-refractivity contribution in [2.75, 3.05) is 13.6 Å². The fourth-order valence-corrected chi connectivity index (χ4v) is 6.36. The van der Waals surface area contributed by atoms with Gasteiger partial charge in [-0.2, -0.15) is 0 Å². The van der Waals surface area contributed by atoms with Gasteiger partial charge in [0.1, 0.15) is 0 Å². The smallest absolute Gasteiger partial charge is 0.312 e. The minimum absolute atomic E-state index is 0.0881. The molecule has 0 spiro atoms. The molecule has 6 atom stereocenters. The van der Waals surface area contributed by atoms with E-state index in [4.69, 9.17) is 28.4 Å². The molecule has 0 aromatic heterocycles. The van der Waals surface area contributed by atoms with E-state index >= 15 is 0 Å². The zero-order chi connectivity index (χ0) is 25.5. The van der Waals surface area contributed by atoms with Crippen LogP contribution in [0, 0.1) is 29.6 Å². The van der Waals surface area contributed by atoms with Crippen molar-refractivity contribution < 1.29 is 33.2 Å². The minimum Gasteiger partial charge on any atom is -0.454 e. The van der Waals surface area contributed by atoms with Crippen molar-refractivity contribution in [3.63, 3.8) is 0 Å². The maximum Gasteiger partial charge on any atom is 0.312 e. The van der Waals surface area contributed by atoms with Gasteiger partial charge in [-0.25, -0.2) is 0 Å². The van der Waals surface area contributed by atoms with E-state index in [1.54, 1.807) is 0 Å². The largest absolute Gasteiger partial charge is 0.454 e. The molecule has 0 radical (unpaired) electrons. The predicted octanol–water partition coefficient (Wildman–Crippen LogP) is 5.52. The first-order valence-corrected chi connectivity index (χ1v) is 13.6. The number of esters is 1. The van der Waals surface area contributed by atoms with Crippen molar-refractivity contribution in [3.05, 3.63) is 47.5 Å². The van der Waals surface area contributed by atoms with Crippen molar-refractivity contribution in [2.24, 2.45) is 29.6 Å². The normalized spacial score (nSPS) is 30.1. The summed E-state index contributed by atoms with van der Waals surface area (Å²) in [6.07, 6.45) is 4.09. The molecular weight excluding hydrogens is 472 g/mol. The third-order valence-corrected chi connectivity index (χ3v) is 8.47. The number of hydrogen-bond acceptors (Lipinski definition) is 7. The first-order valence-electron chi connectivity index (χ1n) is 13.6. The van der Waals surface area contributed by atoms with Crippen LogP contribution in [0.5, 0.6) is 23.0 Å². The Morgan fingerprint density at radius 1 is 0.865 bits per heavy atom. The van der Waals surface area contributed by atoms with Gasteiger partial charge in [0.05, 0.1) is 12.0 Å². The Balaban J connectivity index is 1.27. The number of ether oxygens (including phenoxy) is 6. The molecule has 2 fully saturated rings. The summed E-state index contributed by atoms with van der Waals surface area (Å²) in [4.78, 5) is 13.3. The van der Waals surface area contributed by atoms with Gasteiger partial charge >= 0.3 is 5.97 Å². The Hall–Kier alpha value is -2.93. The quantitative estimate of drug-likeness (QED) is 0.456. The maximum absolute atomic E-state index is 13.3. The van der Waals surface area contributed by atoms with Gasteiger partial charge in [0.2, 0.25) is 19.9 Å². The van der Waals surface area contributed by atoms with Crippen LogP contribution in [0.15, 0.2) is 36.4 Å². The van der Waals surface area contributed by atoms with Crippen LogP contribution in [0.1, 0.15) is 51.2 Å². The third kappa shape index (κ3) is 4.98. The van der Waals surface area contributed by atoms with Crippen LogP contribution in [0.2, 0.25) is 0 Å². The highest BCUT2D eigenvalue weighted by Crippen LogP contribution is 2.42. The summed E-state index contributed by atoms with van der Waals surface area (Å²) in [7, 11) is 0. The molecule has 2 aromatic carbocycles. The Morgan fingerprint density at radius 3 is 2.14 bits per heavy atom. The van der Waals surface area contributed by atoms with Crippen molar-refractivity contribution in [1.82, 2.24) is 0 Å². The van der Waals surface area contributed by atoms with E-state index in [9.17, 15) is 4.79 Å². The van der Waals surface area contributed by atoms with E-state index in [1.807, 2.05) is 36.4 Å². The van der Waals surface area contributed by atoms with Gasteiger partial charge in [-0.3, -0.25) is 4.79 Å². The first kappa shape index (κ1) is 24.4. The van der Waals surface area contributed by atoms with Crippen LogP contribution in [-0.4, -0.2) is 31.9 Å². The van der Waals surface area contributed by atoms with Crippen LogP contribution >= 0.6 is 0 Å². The van der Waals surface area contributed by atoms with E-state index in [-0.39, 0.29) is 37.5 Å². The highest BCUT2D eigenvalue weighted by atomic mass is 16.7. The monoisotopic (exact) mass is 508 g/mol. The molecule has 1 saturated heterocycles. The molecule has 3 heterocycles. The number of benzene rings is 2. The van der Waals surface area contributed by atoms with Gasteiger partial charge in [0.15, 0.2) is 23.0 Å². The number of rotatable bonds is 7. The molecule has 7 nitrogen and oxygen atoms in total. The average molecular weight is 509 g/mol. The third-order valence-electron chi connectivity index (χ3n) is 8.47. The van der Waals surface area contributed by atoms with Crippen LogP contribution in [0.3, 0.4) is 0 Å². The molecule has 37 heavy (non-hydrogen) atoms. The van der Waals surface area contributed by atoms with E-state index in [0.717, 1.165) is 47.0 Å².